The fourth-order valence-electron chi connectivity index (χ4n) is 0.354. The largest absolute Gasteiger partial charge is 0.493 e. The molecule has 0 atom stereocenters. The Morgan fingerprint density at radius 1 is 1.38 bits per heavy atom. The Kier molecular flexibility index (Phi) is 3.03. The fraction of sp³-hybridized carbons (Fsp3) is 0. The van der Waals surface area contributed by atoms with E-state index in [0.29, 0.717) is 0 Å². The Morgan fingerprint density at radius 3 is 2.38 bits per heavy atom. The summed E-state index contributed by atoms with van der Waals surface area (Å²) in [6, 6.07) is 5.00. The molecule has 1 heterocycles. The van der Waals surface area contributed by atoms with Crippen LogP contribution in [0.4, 0.5) is 0 Å². The summed E-state index contributed by atoms with van der Waals surface area (Å²) in [7, 11) is 0. The maximum absolute atomic E-state index is 8.52. The van der Waals surface area contributed by atoms with Crippen molar-refractivity contribution in [3.63, 3.8) is 0 Å². The Hall–Kier alpha value is -0.700. The second kappa shape index (κ2) is 3.32. The average Bonchev–Trinajstić information content (AvgIpc) is 1.69. The zero-order chi connectivity index (χ0) is 5.11. The number of rotatable bonds is 0. The van der Waals surface area contributed by atoms with Gasteiger partial charge in [-0.2, -0.15) is 0 Å². The summed E-state index contributed by atoms with van der Waals surface area (Å²) in [5.74, 6) is 0.0718. The molecule has 0 aromatic carbocycles. The lowest BCUT2D eigenvalue weighted by Gasteiger charge is -1.81. The van der Waals surface area contributed by atoms with Gasteiger partial charge in [-0.15, -0.1) is 0 Å². The lowest BCUT2D eigenvalue weighted by molar-refractivity contribution is 0.453. The van der Waals surface area contributed by atoms with Gasteiger partial charge in [0.1, 0.15) is 0 Å². The van der Waals surface area contributed by atoms with Gasteiger partial charge in [-0.05, 0) is 6.07 Å². The summed E-state index contributed by atoms with van der Waals surface area (Å²) in [4.78, 5) is 3.53. The SMILES string of the molecule is Oc1ccccn1.[S]. The Labute approximate surface area is 54.6 Å². The maximum Gasteiger partial charge on any atom is 0.210 e. The van der Waals surface area contributed by atoms with Gasteiger partial charge in [-0.3, -0.25) is 0 Å². The maximum atomic E-state index is 8.52. The molecule has 0 fully saturated rings. The van der Waals surface area contributed by atoms with Crippen molar-refractivity contribution in [3.8, 4) is 5.88 Å². The first-order chi connectivity index (χ1) is 3.39. The summed E-state index contributed by atoms with van der Waals surface area (Å²) in [6.45, 7) is 0. The molecule has 1 rings (SSSR count). The zero-order valence-electron chi connectivity index (χ0n) is 4.11. The van der Waals surface area contributed by atoms with Crippen molar-refractivity contribution in [2.24, 2.45) is 0 Å². The third-order valence-electron chi connectivity index (χ3n) is 0.649. The van der Waals surface area contributed by atoms with E-state index in [1.807, 2.05) is 0 Å². The van der Waals surface area contributed by atoms with Crippen molar-refractivity contribution in [2.45, 2.75) is 0 Å². The van der Waals surface area contributed by atoms with E-state index < -0.39 is 0 Å². The smallest absolute Gasteiger partial charge is 0.210 e. The van der Waals surface area contributed by atoms with Gasteiger partial charge in [0.25, 0.3) is 0 Å². The van der Waals surface area contributed by atoms with Crippen LogP contribution in [0.25, 0.3) is 0 Å². The van der Waals surface area contributed by atoms with Crippen molar-refractivity contribution in [3.05, 3.63) is 24.4 Å². The first-order valence-electron chi connectivity index (χ1n) is 1.99. The van der Waals surface area contributed by atoms with E-state index in [9.17, 15) is 0 Å². The van der Waals surface area contributed by atoms with Gasteiger partial charge in [0.2, 0.25) is 5.88 Å². The van der Waals surface area contributed by atoms with Gasteiger partial charge in [0.15, 0.2) is 0 Å². The molecule has 1 N–H and O–H groups in total. The zero-order valence-corrected chi connectivity index (χ0v) is 4.93. The normalized spacial score (nSPS) is 7.50. The van der Waals surface area contributed by atoms with E-state index in [-0.39, 0.29) is 19.4 Å². The molecule has 3 heteroatoms. The highest BCUT2D eigenvalue weighted by Crippen LogP contribution is 1.96. The molecule has 1 aromatic rings. The Balaban J connectivity index is 0.000000490. The van der Waals surface area contributed by atoms with E-state index in [4.69, 9.17) is 5.11 Å². The molecule has 0 aliphatic rings. The molecule has 0 unspecified atom stereocenters. The van der Waals surface area contributed by atoms with E-state index in [1.54, 1.807) is 12.1 Å². The van der Waals surface area contributed by atoms with Gasteiger partial charge in [0.05, 0.1) is 0 Å². The molecule has 0 aliphatic carbocycles. The van der Waals surface area contributed by atoms with E-state index in [1.165, 1.54) is 12.3 Å². The van der Waals surface area contributed by atoms with Crippen molar-refractivity contribution >= 4 is 13.5 Å². The summed E-state index contributed by atoms with van der Waals surface area (Å²) >= 11 is 0. The third kappa shape index (κ3) is 1.84. The second-order valence-corrected chi connectivity index (χ2v) is 1.19. The number of aromatic hydroxyl groups is 1. The van der Waals surface area contributed by atoms with Crippen LogP contribution in [0.15, 0.2) is 24.4 Å². The highest BCUT2D eigenvalue weighted by Gasteiger charge is 1.76. The number of hydrogen-bond acceptors (Lipinski definition) is 2. The molecule has 1 aromatic heterocycles. The van der Waals surface area contributed by atoms with Crippen LogP contribution in [-0.2, 0) is 0 Å². The van der Waals surface area contributed by atoms with Gasteiger partial charge >= 0.3 is 0 Å². The minimum Gasteiger partial charge on any atom is -0.493 e. The summed E-state index contributed by atoms with van der Waals surface area (Å²) in [6.07, 6.45) is 1.54. The predicted octanol–water partition coefficient (Wildman–Crippen LogP) is 1.44. The standard InChI is InChI=1S/C5H5NO.S/c7-5-3-1-2-4-6-5;/h1-4H,(H,6,7);. The van der Waals surface area contributed by atoms with E-state index >= 15 is 0 Å². The first kappa shape index (κ1) is 7.30. The minimum absolute atomic E-state index is 0. The van der Waals surface area contributed by atoms with Crippen LogP contribution >= 0.6 is 13.5 Å². The van der Waals surface area contributed by atoms with Crippen LogP contribution in [0.1, 0.15) is 0 Å². The molecule has 2 radical (unpaired) electrons. The van der Waals surface area contributed by atoms with Crippen LogP contribution in [0.3, 0.4) is 0 Å². The molecule has 0 saturated heterocycles. The molecule has 0 saturated carbocycles. The molecule has 8 heavy (non-hydrogen) atoms. The quantitative estimate of drug-likeness (QED) is 0.572. The van der Waals surface area contributed by atoms with Gasteiger partial charge < -0.3 is 5.11 Å². The van der Waals surface area contributed by atoms with Crippen molar-refractivity contribution in [1.82, 2.24) is 4.98 Å². The first-order valence-corrected chi connectivity index (χ1v) is 1.99. The van der Waals surface area contributed by atoms with Crippen LogP contribution in [0.5, 0.6) is 5.88 Å². The molecule has 0 spiro atoms. The van der Waals surface area contributed by atoms with Gasteiger partial charge in [-0.25, -0.2) is 4.98 Å². The second-order valence-electron chi connectivity index (χ2n) is 1.19. The summed E-state index contributed by atoms with van der Waals surface area (Å²) in [5, 5.41) is 8.52. The number of aromatic nitrogens is 1. The monoisotopic (exact) mass is 127 g/mol. The Bertz CT molecular complexity index is 142. The molecule has 42 valence electrons. The van der Waals surface area contributed by atoms with Crippen LogP contribution in [0, 0.1) is 0 Å². The fourth-order valence-corrected chi connectivity index (χ4v) is 0.354. The summed E-state index contributed by atoms with van der Waals surface area (Å²) in [5.41, 5.74) is 0. The third-order valence-corrected chi connectivity index (χ3v) is 0.649. The number of pyridine rings is 1. The highest BCUT2D eigenvalue weighted by molar-refractivity contribution is 7.59. The van der Waals surface area contributed by atoms with Gasteiger partial charge in [0, 0.05) is 25.8 Å². The predicted molar refractivity (Wildman–Crippen MR) is 33.5 cm³/mol. The molecule has 0 aliphatic heterocycles. The highest BCUT2D eigenvalue weighted by atomic mass is 32.1. The number of nitrogens with zero attached hydrogens (tertiary/aromatic N) is 1. The van der Waals surface area contributed by atoms with Crippen molar-refractivity contribution in [2.75, 3.05) is 0 Å². The van der Waals surface area contributed by atoms with Crippen LogP contribution < -0.4 is 0 Å². The van der Waals surface area contributed by atoms with Crippen LogP contribution in [0.2, 0.25) is 0 Å². The molecule has 0 amide bonds. The lowest BCUT2D eigenvalue weighted by atomic mass is 10.5. The van der Waals surface area contributed by atoms with Crippen molar-refractivity contribution in [1.29, 1.82) is 0 Å². The van der Waals surface area contributed by atoms with Gasteiger partial charge in [-0.1, -0.05) is 6.07 Å². The molecular weight excluding hydrogens is 122 g/mol. The van der Waals surface area contributed by atoms with Crippen LogP contribution in [-0.4, -0.2) is 10.1 Å². The number of hydrogen-bond donors (Lipinski definition) is 1. The topological polar surface area (TPSA) is 33.1 Å². The molecule has 0 bridgehead atoms. The Morgan fingerprint density at radius 2 is 2.12 bits per heavy atom. The van der Waals surface area contributed by atoms with E-state index in [0.717, 1.165) is 0 Å². The lowest BCUT2D eigenvalue weighted by Crippen LogP contribution is -1.66. The van der Waals surface area contributed by atoms with Crippen molar-refractivity contribution < 1.29 is 5.11 Å². The van der Waals surface area contributed by atoms with E-state index in [2.05, 4.69) is 4.98 Å². The molecular formula is C5H5NOS. The average molecular weight is 127 g/mol. The molecule has 2 nitrogen and oxygen atoms in total. The summed E-state index contributed by atoms with van der Waals surface area (Å²) < 4.78 is 0. The minimum atomic E-state index is 0.